The van der Waals surface area contributed by atoms with Crippen LogP contribution in [-0.4, -0.2) is 15.7 Å². The molecule has 0 unspecified atom stereocenters. The third-order valence-electron chi connectivity index (χ3n) is 4.44. The van der Waals surface area contributed by atoms with Crippen LogP contribution in [-0.2, 0) is 23.2 Å². The molecule has 2 rings (SSSR count). The van der Waals surface area contributed by atoms with Crippen LogP contribution in [0.1, 0.15) is 57.1 Å². The van der Waals surface area contributed by atoms with E-state index in [9.17, 15) is 4.79 Å². The van der Waals surface area contributed by atoms with E-state index < -0.39 is 0 Å². The minimum Gasteiger partial charge on any atom is -0.326 e. The van der Waals surface area contributed by atoms with Gasteiger partial charge >= 0.3 is 0 Å². The van der Waals surface area contributed by atoms with E-state index in [1.165, 1.54) is 5.56 Å². The lowest BCUT2D eigenvalue weighted by molar-refractivity contribution is -0.115. The molecule has 1 amide bonds. The van der Waals surface area contributed by atoms with Gasteiger partial charge < -0.3 is 5.32 Å². The van der Waals surface area contributed by atoms with Gasteiger partial charge in [0.05, 0.1) is 12.1 Å². The Hall–Kier alpha value is -2.10. The third kappa shape index (κ3) is 4.94. The number of amides is 1. The fourth-order valence-electron chi connectivity index (χ4n) is 2.93. The number of nitrogens with one attached hydrogen (secondary N) is 1. The molecule has 0 bridgehead atoms. The number of anilines is 1. The molecule has 1 aromatic heterocycles. The van der Waals surface area contributed by atoms with Gasteiger partial charge in [0.1, 0.15) is 0 Å². The second kappa shape index (κ2) is 7.42. The van der Waals surface area contributed by atoms with E-state index in [1.807, 2.05) is 30.7 Å². The van der Waals surface area contributed by atoms with Gasteiger partial charge in [0, 0.05) is 23.5 Å². The summed E-state index contributed by atoms with van der Waals surface area (Å²) in [4.78, 5) is 12.5. The topological polar surface area (TPSA) is 46.9 Å². The minimum absolute atomic E-state index is 0.00111. The van der Waals surface area contributed by atoms with E-state index in [1.54, 1.807) is 0 Å². The fourth-order valence-corrected chi connectivity index (χ4v) is 2.93. The Labute approximate surface area is 151 Å². The van der Waals surface area contributed by atoms with Gasteiger partial charge in [-0.3, -0.25) is 9.48 Å². The maximum Gasteiger partial charge on any atom is 0.228 e. The van der Waals surface area contributed by atoms with E-state index in [2.05, 4.69) is 57.2 Å². The molecule has 0 saturated heterocycles. The molecule has 0 fully saturated rings. The Morgan fingerprint density at radius 2 is 1.76 bits per heavy atom. The van der Waals surface area contributed by atoms with Gasteiger partial charge in [-0.05, 0) is 42.9 Å². The number of rotatable bonds is 5. The van der Waals surface area contributed by atoms with E-state index >= 15 is 0 Å². The highest BCUT2D eigenvalue weighted by atomic mass is 16.1. The van der Waals surface area contributed by atoms with E-state index in [0.717, 1.165) is 29.2 Å². The molecule has 0 atom stereocenters. The van der Waals surface area contributed by atoms with Gasteiger partial charge in [0.25, 0.3) is 0 Å². The van der Waals surface area contributed by atoms with Crippen LogP contribution in [0, 0.1) is 19.8 Å². The van der Waals surface area contributed by atoms with Crippen molar-refractivity contribution >= 4 is 11.6 Å². The first-order valence-electron chi connectivity index (χ1n) is 9.01. The number of benzene rings is 1. The van der Waals surface area contributed by atoms with Crippen molar-refractivity contribution < 1.29 is 4.79 Å². The zero-order valence-electron chi connectivity index (χ0n) is 16.6. The first-order chi connectivity index (χ1) is 11.6. The molecular weight excluding hydrogens is 310 g/mol. The average molecular weight is 341 g/mol. The molecule has 4 heteroatoms. The highest BCUT2D eigenvalue weighted by Gasteiger charge is 2.16. The summed E-state index contributed by atoms with van der Waals surface area (Å²) in [6.07, 6.45) is 0.358. The second-order valence-corrected chi connectivity index (χ2v) is 8.28. The number of nitrogens with zero attached hydrogens (tertiary/aromatic N) is 2. The fraction of sp³-hybridized carbons (Fsp3) is 0.524. The molecule has 1 N–H and O–H groups in total. The van der Waals surface area contributed by atoms with E-state index in [4.69, 9.17) is 0 Å². The molecule has 2 aromatic rings. The summed E-state index contributed by atoms with van der Waals surface area (Å²) in [6, 6.07) is 8.10. The van der Waals surface area contributed by atoms with Crippen LogP contribution in [0.5, 0.6) is 0 Å². The van der Waals surface area contributed by atoms with Crippen LogP contribution in [0.4, 0.5) is 5.69 Å². The Kier molecular flexibility index (Phi) is 5.71. The summed E-state index contributed by atoms with van der Waals surface area (Å²) in [7, 11) is 0. The lowest BCUT2D eigenvalue weighted by Crippen LogP contribution is -2.16. The number of hydrogen-bond donors (Lipinski definition) is 1. The molecule has 0 spiro atoms. The molecular formula is C21H31N3O. The number of hydrogen-bond acceptors (Lipinski definition) is 2. The molecule has 0 aliphatic carbocycles. The van der Waals surface area contributed by atoms with Crippen LogP contribution in [0.3, 0.4) is 0 Å². The number of carbonyl (C=O) groups is 1. The summed E-state index contributed by atoms with van der Waals surface area (Å²) in [6.45, 7) is 15.8. The van der Waals surface area contributed by atoms with Crippen LogP contribution >= 0.6 is 0 Å². The highest BCUT2D eigenvalue weighted by Crippen LogP contribution is 2.23. The summed E-state index contributed by atoms with van der Waals surface area (Å²) >= 11 is 0. The van der Waals surface area contributed by atoms with Gasteiger partial charge in [-0.1, -0.05) is 46.8 Å². The maximum atomic E-state index is 12.5. The van der Waals surface area contributed by atoms with Crippen molar-refractivity contribution in [2.45, 2.75) is 66.8 Å². The van der Waals surface area contributed by atoms with Crippen molar-refractivity contribution in [1.82, 2.24) is 9.78 Å². The lowest BCUT2D eigenvalue weighted by Gasteiger charge is -2.19. The van der Waals surface area contributed by atoms with E-state index in [0.29, 0.717) is 12.3 Å². The first-order valence-corrected chi connectivity index (χ1v) is 9.01. The van der Waals surface area contributed by atoms with Crippen molar-refractivity contribution in [1.29, 1.82) is 0 Å². The Morgan fingerprint density at radius 1 is 1.16 bits per heavy atom. The zero-order chi connectivity index (χ0) is 18.8. The Bertz CT molecular complexity index is 734. The Balaban J connectivity index is 2.07. The van der Waals surface area contributed by atoms with Crippen LogP contribution in [0.25, 0.3) is 0 Å². The molecule has 0 radical (unpaired) electrons. The van der Waals surface area contributed by atoms with E-state index in [-0.39, 0.29) is 11.3 Å². The standard InChI is InChI=1S/C21H31N3O/c1-14(2)13-24-16(4)19(15(3)23-24)12-20(25)22-18-10-8-17(9-11-18)21(5,6)7/h8-11,14H,12-13H2,1-7H3,(H,22,25). The average Bonchev–Trinajstić information content (AvgIpc) is 2.74. The van der Waals surface area contributed by atoms with Crippen molar-refractivity contribution in [3.8, 4) is 0 Å². The quantitative estimate of drug-likeness (QED) is 0.861. The normalized spacial score (nSPS) is 11.8. The van der Waals surface area contributed by atoms with Crippen LogP contribution in [0.2, 0.25) is 0 Å². The minimum atomic E-state index is -0.00111. The predicted octanol–water partition coefficient (Wildman–Crippen LogP) is 4.63. The van der Waals surface area contributed by atoms with Crippen molar-refractivity contribution in [3.63, 3.8) is 0 Å². The molecule has 0 saturated carbocycles. The van der Waals surface area contributed by atoms with Crippen LogP contribution in [0.15, 0.2) is 24.3 Å². The van der Waals surface area contributed by atoms with Gasteiger partial charge in [-0.2, -0.15) is 5.10 Å². The second-order valence-electron chi connectivity index (χ2n) is 8.28. The third-order valence-corrected chi connectivity index (χ3v) is 4.44. The van der Waals surface area contributed by atoms with Crippen LogP contribution < -0.4 is 5.32 Å². The zero-order valence-corrected chi connectivity index (χ0v) is 16.6. The summed E-state index contributed by atoms with van der Waals surface area (Å²) < 4.78 is 2.01. The highest BCUT2D eigenvalue weighted by molar-refractivity contribution is 5.92. The van der Waals surface area contributed by atoms with Gasteiger partial charge in [0.2, 0.25) is 5.91 Å². The Morgan fingerprint density at radius 3 is 2.28 bits per heavy atom. The lowest BCUT2D eigenvalue weighted by atomic mass is 9.87. The molecule has 0 aliphatic rings. The summed E-state index contributed by atoms with van der Waals surface area (Å²) in [5.41, 5.74) is 5.27. The van der Waals surface area contributed by atoms with Crippen molar-refractivity contribution in [3.05, 3.63) is 46.8 Å². The summed E-state index contributed by atoms with van der Waals surface area (Å²) in [5.74, 6) is 0.528. The molecule has 136 valence electrons. The maximum absolute atomic E-state index is 12.5. The molecule has 1 heterocycles. The largest absolute Gasteiger partial charge is 0.326 e. The van der Waals surface area contributed by atoms with Crippen molar-refractivity contribution in [2.75, 3.05) is 5.32 Å². The number of aryl methyl sites for hydroxylation is 1. The molecule has 0 aliphatic heterocycles. The monoisotopic (exact) mass is 341 g/mol. The summed E-state index contributed by atoms with van der Waals surface area (Å²) in [5, 5.41) is 7.58. The predicted molar refractivity (Wildman–Crippen MR) is 104 cm³/mol. The van der Waals surface area contributed by atoms with Gasteiger partial charge in [-0.25, -0.2) is 0 Å². The van der Waals surface area contributed by atoms with Crippen molar-refractivity contribution in [2.24, 2.45) is 5.92 Å². The molecule has 4 nitrogen and oxygen atoms in total. The smallest absolute Gasteiger partial charge is 0.228 e. The number of aromatic nitrogens is 2. The number of carbonyl (C=O) groups excluding carboxylic acids is 1. The first kappa shape index (κ1) is 19.2. The van der Waals surface area contributed by atoms with Gasteiger partial charge in [-0.15, -0.1) is 0 Å². The van der Waals surface area contributed by atoms with Gasteiger partial charge in [0.15, 0.2) is 0 Å². The molecule has 1 aromatic carbocycles. The SMILES string of the molecule is Cc1nn(CC(C)C)c(C)c1CC(=O)Nc1ccc(C(C)(C)C)cc1. The molecule has 25 heavy (non-hydrogen) atoms.